The lowest BCUT2D eigenvalue weighted by atomic mass is 9.92. The molecule has 18 heavy (non-hydrogen) atoms. The lowest BCUT2D eigenvalue weighted by Crippen LogP contribution is -2.51. The third kappa shape index (κ3) is 7.55. The van der Waals surface area contributed by atoms with E-state index in [1.165, 1.54) is 0 Å². The Morgan fingerprint density at radius 2 is 1.67 bits per heavy atom. The van der Waals surface area contributed by atoms with Gasteiger partial charge in [-0.25, -0.2) is 0 Å². The zero-order valence-electron chi connectivity index (χ0n) is 10.6. The van der Waals surface area contributed by atoms with Crippen LogP contribution in [0.2, 0.25) is 0 Å². The van der Waals surface area contributed by atoms with Crippen LogP contribution >= 0.6 is 11.8 Å². The van der Waals surface area contributed by atoms with Gasteiger partial charge < -0.3 is 24.9 Å². The van der Waals surface area contributed by atoms with E-state index >= 15 is 0 Å². The van der Waals surface area contributed by atoms with Crippen molar-refractivity contribution < 1.29 is 24.9 Å². The lowest BCUT2D eigenvalue weighted by molar-refractivity contribution is -0.334. The Hall–Kier alpha value is -0.750. The Labute approximate surface area is 112 Å². The normalized spacial score (nSPS) is 14.1. The summed E-state index contributed by atoms with van der Waals surface area (Å²) in [4.78, 5) is 21.1. The van der Waals surface area contributed by atoms with Crippen molar-refractivity contribution in [3.8, 4) is 0 Å². The third-order valence-electron chi connectivity index (χ3n) is 2.76. The second-order valence-electron chi connectivity index (χ2n) is 4.38. The Morgan fingerprint density at radius 1 is 1.11 bits per heavy atom. The zero-order chi connectivity index (χ0) is 14.0. The molecule has 0 heterocycles. The van der Waals surface area contributed by atoms with E-state index in [0.29, 0.717) is 6.42 Å². The Morgan fingerprint density at radius 3 is 2.17 bits per heavy atom. The first-order valence-corrected chi connectivity index (χ1v) is 7.44. The number of unbranched alkanes of at least 4 members (excludes halogenated alkanes) is 4. The molecule has 0 aromatic rings. The first kappa shape index (κ1) is 17.2. The number of carbonyl (C=O) groups excluding carboxylic acids is 2. The van der Waals surface area contributed by atoms with E-state index in [2.05, 4.69) is 0 Å². The molecule has 0 bridgehead atoms. The maximum absolute atomic E-state index is 10.7. The molecule has 0 aliphatic carbocycles. The second-order valence-corrected chi connectivity index (χ2v) is 5.36. The number of carboxylic acid groups (broad SMARTS) is 2. The van der Waals surface area contributed by atoms with Crippen molar-refractivity contribution in [3.05, 3.63) is 0 Å². The summed E-state index contributed by atoms with van der Waals surface area (Å²) in [5, 5.41) is 30.7. The molecule has 0 spiro atoms. The molecular formula is C12H20O5S-2. The van der Waals surface area contributed by atoms with Crippen LogP contribution in [0, 0.1) is 0 Å². The van der Waals surface area contributed by atoms with Crippen LogP contribution in [0.25, 0.3) is 0 Å². The Bertz CT molecular complexity index is 269. The molecule has 1 atom stereocenters. The highest BCUT2D eigenvalue weighted by molar-refractivity contribution is 7.98. The van der Waals surface area contributed by atoms with Crippen LogP contribution in [0.4, 0.5) is 0 Å². The highest BCUT2D eigenvalue weighted by atomic mass is 32.2. The first-order valence-electron chi connectivity index (χ1n) is 6.05. The summed E-state index contributed by atoms with van der Waals surface area (Å²) in [6.45, 7) is 0. The predicted octanol–water partition coefficient (Wildman–Crippen LogP) is -0.689. The number of carbonyl (C=O) groups is 2. The average Bonchev–Trinajstić information content (AvgIpc) is 2.26. The van der Waals surface area contributed by atoms with Crippen LogP contribution < -0.4 is 10.2 Å². The summed E-state index contributed by atoms with van der Waals surface area (Å²) in [6, 6.07) is 0. The van der Waals surface area contributed by atoms with Crippen LogP contribution in [0.1, 0.15) is 44.9 Å². The van der Waals surface area contributed by atoms with Gasteiger partial charge in [-0.15, -0.1) is 0 Å². The zero-order valence-corrected chi connectivity index (χ0v) is 11.5. The minimum absolute atomic E-state index is 0.105. The summed E-state index contributed by atoms with van der Waals surface area (Å²) in [6.07, 6.45) is 5.40. The Balaban J connectivity index is 3.84. The molecule has 0 saturated heterocycles. The molecule has 0 aliphatic rings. The van der Waals surface area contributed by atoms with E-state index in [1.54, 1.807) is 11.8 Å². The molecule has 1 unspecified atom stereocenters. The Kier molecular flexibility index (Phi) is 8.83. The SMILES string of the molecule is CSCCCCCCCC(O)(CC(=O)[O-])C(=O)[O-]. The molecule has 0 saturated carbocycles. The minimum atomic E-state index is -2.29. The summed E-state index contributed by atoms with van der Waals surface area (Å²) in [7, 11) is 0. The predicted molar refractivity (Wildman–Crippen MR) is 65.7 cm³/mol. The van der Waals surface area contributed by atoms with Crippen LogP contribution in [0.3, 0.4) is 0 Å². The van der Waals surface area contributed by atoms with Gasteiger partial charge in [-0.05, 0) is 24.9 Å². The number of aliphatic carboxylic acids is 2. The van der Waals surface area contributed by atoms with Crippen LogP contribution in [0.15, 0.2) is 0 Å². The van der Waals surface area contributed by atoms with Crippen molar-refractivity contribution in [1.82, 2.24) is 0 Å². The maximum atomic E-state index is 10.7. The summed E-state index contributed by atoms with van der Waals surface area (Å²) < 4.78 is 0. The average molecular weight is 276 g/mol. The standard InChI is InChI=1S/C12H22O5S/c1-18-8-6-4-2-3-5-7-12(17,11(15)16)9-10(13)14/h17H,2-9H2,1H3,(H,13,14)(H,15,16)/p-2. The molecule has 5 nitrogen and oxygen atoms in total. The van der Waals surface area contributed by atoms with Crippen molar-refractivity contribution in [2.75, 3.05) is 12.0 Å². The van der Waals surface area contributed by atoms with Gasteiger partial charge in [0.05, 0.1) is 5.97 Å². The molecule has 0 aliphatic heterocycles. The van der Waals surface area contributed by atoms with E-state index in [4.69, 9.17) is 0 Å². The molecule has 0 amide bonds. The van der Waals surface area contributed by atoms with E-state index in [0.717, 1.165) is 31.4 Å². The number of thioether (sulfide) groups is 1. The van der Waals surface area contributed by atoms with Gasteiger partial charge >= 0.3 is 0 Å². The smallest absolute Gasteiger partial charge is 0.109 e. The van der Waals surface area contributed by atoms with E-state index in [9.17, 15) is 24.9 Å². The molecule has 6 heteroatoms. The van der Waals surface area contributed by atoms with Crippen LogP contribution in [-0.2, 0) is 9.59 Å². The van der Waals surface area contributed by atoms with Crippen LogP contribution in [-0.4, -0.2) is 34.7 Å². The van der Waals surface area contributed by atoms with Crippen molar-refractivity contribution in [3.63, 3.8) is 0 Å². The first-order chi connectivity index (χ1) is 8.42. The monoisotopic (exact) mass is 276 g/mol. The highest BCUT2D eigenvalue weighted by Crippen LogP contribution is 2.19. The number of rotatable bonds is 11. The van der Waals surface area contributed by atoms with E-state index in [-0.39, 0.29) is 6.42 Å². The molecule has 106 valence electrons. The molecule has 0 aromatic heterocycles. The fourth-order valence-electron chi connectivity index (χ4n) is 1.70. The van der Waals surface area contributed by atoms with Gasteiger partial charge in [0.25, 0.3) is 0 Å². The number of aliphatic hydroxyl groups is 1. The van der Waals surface area contributed by atoms with Gasteiger partial charge in [-0.1, -0.05) is 25.7 Å². The van der Waals surface area contributed by atoms with Crippen molar-refractivity contribution in [2.24, 2.45) is 0 Å². The van der Waals surface area contributed by atoms with E-state index < -0.39 is 24.0 Å². The number of carboxylic acids is 2. The van der Waals surface area contributed by atoms with Gasteiger partial charge in [0.1, 0.15) is 5.60 Å². The molecule has 0 fully saturated rings. The highest BCUT2D eigenvalue weighted by Gasteiger charge is 2.28. The molecule has 0 rings (SSSR count). The summed E-state index contributed by atoms with van der Waals surface area (Å²) in [5.74, 6) is -2.22. The molecule has 0 aromatic carbocycles. The van der Waals surface area contributed by atoms with Crippen molar-refractivity contribution >= 4 is 23.7 Å². The maximum Gasteiger partial charge on any atom is 0.109 e. The van der Waals surface area contributed by atoms with Crippen molar-refractivity contribution in [1.29, 1.82) is 0 Å². The van der Waals surface area contributed by atoms with Gasteiger partial charge in [0.15, 0.2) is 0 Å². The van der Waals surface area contributed by atoms with Crippen molar-refractivity contribution in [2.45, 2.75) is 50.5 Å². The van der Waals surface area contributed by atoms with Gasteiger partial charge in [0.2, 0.25) is 0 Å². The summed E-state index contributed by atoms with van der Waals surface area (Å²) >= 11 is 1.78. The quantitative estimate of drug-likeness (QED) is 0.501. The third-order valence-corrected chi connectivity index (χ3v) is 3.45. The largest absolute Gasteiger partial charge is 0.550 e. The van der Waals surface area contributed by atoms with Gasteiger partial charge in [0, 0.05) is 12.4 Å². The van der Waals surface area contributed by atoms with Gasteiger partial charge in [-0.2, -0.15) is 11.8 Å². The van der Waals surface area contributed by atoms with E-state index in [1.807, 2.05) is 6.26 Å². The molecule has 1 N–H and O–H groups in total. The van der Waals surface area contributed by atoms with Gasteiger partial charge in [-0.3, -0.25) is 0 Å². The fourth-order valence-corrected chi connectivity index (χ4v) is 2.19. The number of hydrogen-bond donors (Lipinski definition) is 1. The topological polar surface area (TPSA) is 100 Å². The molecule has 0 radical (unpaired) electrons. The van der Waals surface area contributed by atoms with Crippen LogP contribution in [0.5, 0.6) is 0 Å². The number of hydrogen-bond acceptors (Lipinski definition) is 6. The fraction of sp³-hybridized carbons (Fsp3) is 0.833. The second kappa shape index (κ2) is 9.22. The molecular weight excluding hydrogens is 256 g/mol. The summed E-state index contributed by atoms with van der Waals surface area (Å²) in [5.41, 5.74) is -2.29. The lowest BCUT2D eigenvalue weighted by Gasteiger charge is -2.29. The minimum Gasteiger partial charge on any atom is -0.550 e.